The fourth-order valence-electron chi connectivity index (χ4n) is 1.67. The summed E-state index contributed by atoms with van der Waals surface area (Å²) in [5, 5.41) is 11.4. The molecule has 19 heavy (non-hydrogen) atoms. The van der Waals surface area contributed by atoms with Crippen molar-refractivity contribution < 1.29 is 19.1 Å². The summed E-state index contributed by atoms with van der Waals surface area (Å²) in [6.45, 7) is 2.33. The minimum Gasteiger partial charge on any atom is -0.475 e. The van der Waals surface area contributed by atoms with E-state index in [1.807, 2.05) is 31.2 Å². The maximum atomic E-state index is 11.7. The van der Waals surface area contributed by atoms with Gasteiger partial charge in [0.15, 0.2) is 5.76 Å². The van der Waals surface area contributed by atoms with E-state index in [0.29, 0.717) is 6.54 Å². The van der Waals surface area contributed by atoms with Crippen LogP contribution >= 0.6 is 0 Å². The maximum absolute atomic E-state index is 11.7. The number of nitrogens with one attached hydrogen (secondary N) is 1. The molecule has 2 rings (SSSR count). The van der Waals surface area contributed by atoms with E-state index in [1.54, 1.807) is 0 Å². The smallest absolute Gasteiger partial charge is 0.371 e. The number of furan rings is 1. The van der Waals surface area contributed by atoms with Gasteiger partial charge in [0.1, 0.15) is 0 Å². The number of hydrogen-bond donors (Lipinski definition) is 2. The lowest BCUT2D eigenvalue weighted by Gasteiger charge is -2.04. The Bertz CT molecular complexity index is 615. The number of carbonyl (C=O) groups is 2. The third-order valence-electron chi connectivity index (χ3n) is 2.58. The first-order valence-electron chi connectivity index (χ1n) is 5.73. The summed E-state index contributed by atoms with van der Waals surface area (Å²) >= 11 is 0. The molecule has 1 aromatic heterocycles. The summed E-state index contributed by atoms with van der Waals surface area (Å²) in [5.74, 6) is -1.89. The van der Waals surface area contributed by atoms with Crippen molar-refractivity contribution in [2.24, 2.45) is 0 Å². The largest absolute Gasteiger partial charge is 0.475 e. The Morgan fingerprint density at radius 3 is 2.58 bits per heavy atom. The molecule has 0 aliphatic rings. The van der Waals surface area contributed by atoms with Crippen molar-refractivity contribution in [3.8, 4) is 0 Å². The number of amides is 1. The standard InChI is InChI=1S/C14H13NO4/c1-9-3-2-4-10(7-9)8-15-13(16)11-5-6-12(19-11)14(17)18/h2-7H,8H2,1H3,(H,15,16)(H,17,18). The first-order chi connectivity index (χ1) is 9.06. The van der Waals surface area contributed by atoms with Gasteiger partial charge in [0.05, 0.1) is 0 Å². The number of aryl methyl sites for hydroxylation is 1. The predicted octanol–water partition coefficient (Wildman–Crippen LogP) is 2.22. The number of carboxylic acid groups (broad SMARTS) is 1. The second kappa shape index (κ2) is 5.39. The van der Waals surface area contributed by atoms with Crippen molar-refractivity contribution in [3.63, 3.8) is 0 Å². The normalized spacial score (nSPS) is 10.2. The topological polar surface area (TPSA) is 79.5 Å². The van der Waals surface area contributed by atoms with Gasteiger partial charge in [-0.1, -0.05) is 29.8 Å². The summed E-state index contributed by atoms with van der Waals surface area (Å²) in [4.78, 5) is 22.4. The van der Waals surface area contributed by atoms with Gasteiger partial charge >= 0.3 is 5.97 Å². The summed E-state index contributed by atoms with van der Waals surface area (Å²) < 4.78 is 4.91. The van der Waals surface area contributed by atoms with E-state index < -0.39 is 11.9 Å². The van der Waals surface area contributed by atoms with E-state index in [-0.39, 0.29) is 11.5 Å². The van der Waals surface area contributed by atoms with Crippen molar-refractivity contribution in [1.82, 2.24) is 5.32 Å². The van der Waals surface area contributed by atoms with E-state index in [2.05, 4.69) is 5.32 Å². The Morgan fingerprint density at radius 1 is 1.21 bits per heavy atom. The number of rotatable bonds is 4. The molecule has 0 aliphatic carbocycles. The van der Waals surface area contributed by atoms with Crippen molar-refractivity contribution in [2.45, 2.75) is 13.5 Å². The van der Waals surface area contributed by atoms with Gasteiger partial charge in [-0.15, -0.1) is 0 Å². The van der Waals surface area contributed by atoms with Crippen LogP contribution in [-0.4, -0.2) is 17.0 Å². The molecule has 0 saturated heterocycles. The number of hydrogen-bond acceptors (Lipinski definition) is 3. The molecule has 0 radical (unpaired) electrons. The van der Waals surface area contributed by atoms with Crippen LogP contribution in [0.4, 0.5) is 0 Å². The molecule has 0 spiro atoms. The Hall–Kier alpha value is -2.56. The van der Waals surface area contributed by atoms with Gasteiger partial charge in [-0.3, -0.25) is 4.79 Å². The van der Waals surface area contributed by atoms with Gasteiger partial charge in [0.2, 0.25) is 5.76 Å². The van der Waals surface area contributed by atoms with Crippen LogP contribution in [0, 0.1) is 6.92 Å². The molecule has 0 fully saturated rings. The fraction of sp³-hybridized carbons (Fsp3) is 0.143. The van der Waals surface area contributed by atoms with E-state index >= 15 is 0 Å². The number of carboxylic acids is 1. The van der Waals surface area contributed by atoms with Crippen LogP contribution in [0.25, 0.3) is 0 Å². The quantitative estimate of drug-likeness (QED) is 0.882. The van der Waals surface area contributed by atoms with Crippen molar-refractivity contribution in [3.05, 3.63) is 59.0 Å². The monoisotopic (exact) mass is 259 g/mol. The second-order valence-corrected chi connectivity index (χ2v) is 4.14. The van der Waals surface area contributed by atoms with Crippen LogP contribution in [0.15, 0.2) is 40.8 Å². The van der Waals surface area contributed by atoms with Crippen molar-refractivity contribution >= 4 is 11.9 Å². The lowest BCUT2D eigenvalue weighted by molar-refractivity contribution is 0.0659. The highest BCUT2D eigenvalue weighted by Crippen LogP contribution is 2.08. The highest BCUT2D eigenvalue weighted by Gasteiger charge is 2.14. The maximum Gasteiger partial charge on any atom is 0.371 e. The molecule has 1 heterocycles. The average molecular weight is 259 g/mol. The van der Waals surface area contributed by atoms with Crippen molar-refractivity contribution in [2.75, 3.05) is 0 Å². The molecule has 0 aliphatic heterocycles. The molecular weight excluding hydrogens is 246 g/mol. The molecule has 2 aromatic rings. The lowest BCUT2D eigenvalue weighted by Crippen LogP contribution is -2.22. The Kier molecular flexibility index (Phi) is 3.66. The van der Waals surface area contributed by atoms with Gasteiger partial charge in [-0.2, -0.15) is 0 Å². The van der Waals surface area contributed by atoms with Crippen LogP contribution in [0.2, 0.25) is 0 Å². The molecule has 0 atom stereocenters. The zero-order chi connectivity index (χ0) is 13.8. The van der Waals surface area contributed by atoms with Gasteiger partial charge in [0.25, 0.3) is 5.91 Å². The average Bonchev–Trinajstić information content (AvgIpc) is 2.86. The molecule has 1 aromatic carbocycles. The zero-order valence-electron chi connectivity index (χ0n) is 10.3. The van der Waals surface area contributed by atoms with E-state index in [1.165, 1.54) is 12.1 Å². The van der Waals surface area contributed by atoms with Gasteiger partial charge in [-0.05, 0) is 24.6 Å². The number of benzene rings is 1. The third kappa shape index (κ3) is 3.22. The van der Waals surface area contributed by atoms with Crippen LogP contribution in [0.5, 0.6) is 0 Å². The minimum absolute atomic E-state index is 0.00921. The molecule has 0 bridgehead atoms. The highest BCUT2D eigenvalue weighted by molar-refractivity contribution is 5.93. The first-order valence-corrected chi connectivity index (χ1v) is 5.73. The summed E-state index contributed by atoms with van der Waals surface area (Å²) in [5.41, 5.74) is 2.08. The van der Waals surface area contributed by atoms with Crippen LogP contribution in [0.3, 0.4) is 0 Å². The Labute approximate surface area is 109 Å². The molecule has 0 unspecified atom stereocenters. The van der Waals surface area contributed by atoms with Crippen molar-refractivity contribution in [1.29, 1.82) is 0 Å². The van der Waals surface area contributed by atoms with Crippen LogP contribution in [-0.2, 0) is 6.54 Å². The lowest BCUT2D eigenvalue weighted by atomic mass is 10.1. The molecule has 0 saturated carbocycles. The molecule has 98 valence electrons. The molecular formula is C14H13NO4. The minimum atomic E-state index is -1.20. The summed E-state index contributed by atoms with van der Waals surface area (Å²) in [7, 11) is 0. The molecule has 2 N–H and O–H groups in total. The number of aromatic carboxylic acids is 1. The Morgan fingerprint density at radius 2 is 1.95 bits per heavy atom. The second-order valence-electron chi connectivity index (χ2n) is 4.14. The summed E-state index contributed by atoms with van der Waals surface area (Å²) in [6, 6.07) is 10.3. The van der Waals surface area contributed by atoms with Gasteiger partial charge in [-0.25, -0.2) is 4.79 Å². The van der Waals surface area contributed by atoms with E-state index in [9.17, 15) is 9.59 Å². The molecule has 5 nitrogen and oxygen atoms in total. The SMILES string of the molecule is Cc1cccc(CNC(=O)c2ccc(C(=O)O)o2)c1. The highest BCUT2D eigenvalue weighted by atomic mass is 16.4. The first kappa shape index (κ1) is 12.9. The van der Waals surface area contributed by atoms with E-state index in [4.69, 9.17) is 9.52 Å². The number of carbonyl (C=O) groups excluding carboxylic acids is 1. The van der Waals surface area contributed by atoms with Gasteiger partial charge in [0, 0.05) is 6.54 Å². The fourth-order valence-corrected chi connectivity index (χ4v) is 1.67. The zero-order valence-corrected chi connectivity index (χ0v) is 10.3. The van der Waals surface area contributed by atoms with E-state index in [0.717, 1.165) is 11.1 Å². The predicted molar refractivity (Wildman–Crippen MR) is 68.0 cm³/mol. The molecule has 5 heteroatoms. The van der Waals surface area contributed by atoms with Gasteiger partial charge < -0.3 is 14.8 Å². The third-order valence-corrected chi connectivity index (χ3v) is 2.58. The molecule has 1 amide bonds. The summed E-state index contributed by atoms with van der Waals surface area (Å²) in [6.07, 6.45) is 0. The Balaban J connectivity index is 1.99. The van der Waals surface area contributed by atoms with Crippen LogP contribution in [0.1, 0.15) is 32.2 Å². The van der Waals surface area contributed by atoms with Crippen LogP contribution < -0.4 is 5.32 Å².